The molecule has 1 aliphatic carbocycles. The molecular formula is C36H47F2N5O6. The molecule has 3 aliphatic rings. The summed E-state index contributed by atoms with van der Waals surface area (Å²) in [6.07, 6.45) is 2.46. The van der Waals surface area contributed by atoms with Gasteiger partial charge in [0.2, 0.25) is 23.6 Å². The van der Waals surface area contributed by atoms with Crippen LogP contribution in [0.15, 0.2) is 48.5 Å². The number of carbonyl (C=O) groups is 4. The van der Waals surface area contributed by atoms with Gasteiger partial charge >= 0.3 is 0 Å². The van der Waals surface area contributed by atoms with Gasteiger partial charge < -0.3 is 35.2 Å². The van der Waals surface area contributed by atoms with Crippen LogP contribution in [-0.4, -0.2) is 104 Å². The van der Waals surface area contributed by atoms with Gasteiger partial charge in [-0.1, -0.05) is 36.4 Å². The smallest absolute Gasteiger partial charge is 0.260 e. The van der Waals surface area contributed by atoms with E-state index in [1.807, 2.05) is 24.3 Å². The third kappa shape index (κ3) is 10.4. The third-order valence-corrected chi connectivity index (χ3v) is 9.57. The molecule has 2 heterocycles. The predicted molar refractivity (Wildman–Crippen MR) is 178 cm³/mol. The summed E-state index contributed by atoms with van der Waals surface area (Å²) in [5.74, 6) is -3.30. The summed E-state index contributed by atoms with van der Waals surface area (Å²) >= 11 is 0. The van der Waals surface area contributed by atoms with E-state index in [0.717, 1.165) is 29.5 Å². The van der Waals surface area contributed by atoms with Crippen molar-refractivity contribution in [3.63, 3.8) is 0 Å². The summed E-state index contributed by atoms with van der Waals surface area (Å²) in [6, 6.07) is 13.5. The number of hydrogen-bond donors (Lipinski definition) is 3. The second kappa shape index (κ2) is 17.0. The fourth-order valence-corrected chi connectivity index (χ4v) is 6.76. The highest BCUT2D eigenvalue weighted by Gasteiger charge is 2.35. The quantitative estimate of drug-likeness (QED) is 0.332. The number of fused-ring (bicyclic) bond motifs is 1. The highest BCUT2D eigenvalue weighted by molar-refractivity contribution is 5.91. The molecule has 0 unspecified atom stereocenters. The lowest BCUT2D eigenvalue weighted by atomic mass is 9.92. The lowest BCUT2D eigenvalue weighted by molar-refractivity contribution is -0.136. The number of nitrogens with zero attached hydrogens (tertiary/aromatic N) is 2. The van der Waals surface area contributed by atoms with Crippen LogP contribution in [0, 0.1) is 0 Å². The molecule has 0 radical (unpaired) electrons. The van der Waals surface area contributed by atoms with Crippen LogP contribution < -0.4 is 20.7 Å². The Bertz CT molecular complexity index is 1450. The molecule has 1 saturated heterocycles. The number of rotatable bonds is 11. The van der Waals surface area contributed by atoms with E-state index in [2.05, 4.69) is 16.0 Å². The van der Waals surface area contributed by atoms with Crippen molar-refractivity contribution in [2.24, 2.45) is 0 Å². The molecule has 266 valence electrons. The Morgan fingerprint density at radius 2 is 1.76 bits per heavy atom. The third-order valence-electron chi connectivity index (χ3n) is 9.57. The molecule has 0 aromatic heterocycles. The molecule has 13 heteroatoms. The topological polar surface area (TPSA) is 129 Å². The number of nitrogens with one attached hydrogen (secondary N) is 3. The summed E-state index contributed by atoms with van der Waals surface area (Å²) < 4.78 is 38.2. The fourth-order valence-electron chi connectivity index (χ4n) is 6.76. The van der Waals surface area contributed by atoms with E-state index in [-0.39, 0.29) is 81.7 Å². The maximum Gasteiger partial charge on any atom is 0.260 e. The predicted octanol–water partition coefficient (Wildman–Crippen LogP) is 2.60. The average molecular weight is 684 g/mol. The lowest BCUT2D eigenvalue weighted by Crippen LogP contribution is -2.52. The monoisotopic (exact) mass is 683 g/mol. The number of ether oxygens (including phenoxy) is 2. The van der Waals surface area contributed by atoms with Crippen LogP contribution in [0.4, 0.5) is 8.78 Å². The molecule has 2 aliphatic heterocycles. The zero-order chi connectivity index (χ0) is 34.8. The van der Waals surface area contributed by atoms with Crippen LogP contribution in [0.25, 0.3) is 0 Å². The summed E-state index contributed by atoms with van der Waals surface area (Å²) in [7, 11) is 1.62. The van der Waals surface area contributed by atoms with Gasteiger partial charge in [-0.15, -0.1) is 0 Å². The fraction of sp³-hybridized carbons (Fsp3) is 0.556. The minimum Gasteiger partial charge on any atom is -0.484 e. The Labute approximate surface area is 286 Å². The molecule has 0 spiro atoms. The summed E-state index contributed by atoms with van der Waals surface area (Å²) in [5, 5.41) is 9.01. The molecule has 11 nitrogen and oxygen atoms in total. The molecule has 2 aromatic rings. The Kier molecular flexibility index (Phi) is 12.6. The van der Waals surface area contributed by atoms with Crippen LogP contribution in [0.2, 0.25) is 0 Å². The van der Waals surface area contributed by atoms with Crippen LogP contribution in [-0.2, 0) is 43.3 Å². The van der Waals surface area contributed by atoms with E-state index in [9.17, 15) is 28.0 Å². The number of alkyl halides is 2. The van der Waals surface area contributed by atoms with E-state index >= 15 is 0 Å². The van der Waals surface area contributed by atoms with Crippen molar-refractivity contribution in [1.82, 2.24) is 25.8 Å². The maximum atomic E-state index is 13.6. The van der Waals surface area contributed by atoms with Crippen LogP contribution in [0.1, 0.15) is 55.2 Å². The van der Waals surface area contributed by atoms with Crippen molar-refractivity contribution in [2.45, 2.75) is 82.0 Å². The van der Waals surface area contributed by atoms with Gasteiger partial charge in [0, 0.05) is 58.6 Å². The van der Waals surface area contributed by atoms with Gasteiger partial charge in [0.05, 0.1) is 25.6 Å². The minimum absolute atomic E-state index is 0.0597. The van der Waals surface area contributed by atoms with Crippen molar-refractivity contribution in [2.75, 3.05) is 46.5 Å². The van der Waals surface area contributed by atoms with Gasteiger partial charge in [0.15, 0.2) is 6.61 Å². The van der Waals surface area contributed by atoms with Crippen LogP contribution in [0.5, 0.6) is 5.75 Å². The first-order valence-corrected chi connectivity index (χ1v) is 17.1. The van der Waals surface area contributed by atoms with Gasteiger partial charge in [-0.2, -0.15) is 0 Å². The first kappa shape index (κ1) is 36.2. The summed E-state index contributed by atoms with van der Waals surface area (Å²) in [4.78, 5) is 56.2. The SMILES string of the molecule is COC[C@H]1CCCN1C(=O)COc1ccc(C[C@@H]2NC(=O)CN(CCNC3CCC(F)(F)CC3)C(=O)Cc3ccccc3CNC2=O)cc1. The largest absolute Gasteiger partial charge is 0.484 e. The lowest BCUT2D eigenvalue weighted by Gasteiger charge is -2.30. The number of likely N-dealkylation sites (tertiary alicyclic amines) is 1. The number of methoxy groups -OCH3 is 1. The van der Waals surface area contributed by atoms with E-state index in [4.69, 9.17) is 9.47 Å². The second-order valence-electron chi connectivity index (χ2n) is 13.2. The summed E-state index contributed by atoms with van der Waals surface area (Å²) in [6.45, 7) is 1.59. The first-order valence-electron chi connectivity index (χ1n) is 17.1. The number of carbonyl (C=O) groups excluding carboxylic acids is 4. The van der Waals surface area contributed by atoms with Gasteiger partial charge in [0.1, 0.15) is 11.8 Å². The Morgan fingerprint density at radius 1 is 1.02 bits per heavy atom. The van der Waals surface area contributed by atoms with Crippen molar-refractivity contribution in [3.05, 3.63) is 65.2 Å². The van der Waals surface area contributed by atoms with Gasteiger partial charge in [-0.05, 0) is 54.5 Å². The van der Waals surface area contributed by atoms with Crippen molar-refractivity contribution >= 4 is 23.6 Å². The molecular weight excluding hydrogens is 636 g/mol. The van der Waals surface area contributed by atoms with E-state index in [0.29, 0.717) is 38.3 Å². The van der Waals surface area contributed by atoms with Gasteiger partial charge in [-0.25, -0.2) is 8.78 Å². The molecule has 4 amide bonds. The molecule has 2 atom stereocenters. The highest BCUT2D eigenvalue weighted by atomic mass is 19.3. The van der Waals surface area contributed by atoms with Crippen LogP contribution >= 0.6 is 0 Å². The Hall–Kier alpha value is -4.10. The molecule has 1 saturated carbocycles. The van der Waals surface area contributed by atoms with Gasteiger partial charge in [0.25, 0.3) is 5.91 Å². The number of halogens is 2. The molecule has 0 bridgehead atoms. The van der Waals surface area contributed by atoms with Crippen molar-refractivity contribution in [3.8, 4) is 5.75 Å². The molecule has 2 fully saturated rings. The van der Waals surface area contributed by atoms with E-state index < -0.39 is 17.9 Å². The highest BCUT2D eigenvalue weighted by Crippen LogP contribution is 2.33. The average Bonchev–Trinajstić information content (AvgIpc) is 3.55. The molecule has 3 N–H and O–H groups in total. The zero-order valence-corrected chi connectivity index (χ0v) is 28.1. The minimum atomic E-state index is -2.63. The van der Waals surface area contributed by atoms with E-state index in [1.54, 1.807) is 36.3 Å². The molecule has 2 aromatic carbocycles. The first-order chi connectivity index (χ1) is 23.6. The van der Waals surface area contributed by atoms with Crippen molar-refractivity contribution < 1.29 is 37.4 Å². The number of amides is 4. The van der Waals surface area contributed by atoms with Crippen LogP contribution in [0.3, 0.4) is 0 Å². The number of benzene rings is 2. The standard InChI is InChI=1S/C36H47F2N5O6/c1-48-23-29-7-4-17-43(29)34(46)24-49-30-10-8-25(9-11-30)19-31-35(47)40-21-27-6-3-2-5-26(27)20-33(45)42(22-32(44)41-31)18-16-39-28-12-14-36(37,38)15-13-28/h2-3,5-6,8-11,28-29,31,39H,4,7,12-24H2,1H3,(H,40,47)(H,41,44)/t29-,31+/m1/s1. The van der Waals surface area contributed by atoms with E-state index in [1.165, 1.54) is 4.90 Å². The normalized spacial score (nSPS) is 22.1. The Morgan fingerprint density at radius 3 is 2.49 bits per heavy atom. The number of hydrogen-bond acceptors (Lipinski definition) is 7. The molecule has 5 rings (SSSR count). The molecule has 49 heavy (non-hydrogen) atoms. The summed E-state index contributed by atoms with van der Waals surface area (Å²) in [5.41, 5.74) is 2.32. The second-order valence-corrected chi connectivity index (χ2v) is 13.2. The van der Waals surface area contributed by atoms with Crippen molar-refractivity contribution in [1.29, 1.82) is 0 Å². The maximum absolute atomic E-state index is 13.6. The Balaban J connectivity index is 1.21. The van der Waals surface area contributed by atoms with Gasteiger partial charge in [-0.3, -0.25) is 19.2 Å². The zero-order valence-electron chi connectivity index (χ0n) is 28.1.